The minimum Gasteiger partial charge on any atom is -0.349 e. The molecule has 1 aromatic rings. The number of aryl methyl sites for hydroxylation is 1. The number of halogens is 1. The Balaban J connectivity index is 2.56. The molecule has 0 saturated carbocycles. The van der Waals surface area contributed by atoms with Crippen molar-refractivity contribution in [3.63, 3.8) is 0 Å². The Morgan fingerprint density at radius 2 is 2.31 bits per heavy atom. The second-order valence-electron chi connectivity index (χ2n) is 2.85. The van der Waals surface area contributed by atoms with Gasteiger partial charge in [-0.2, -0.15) is 4.37 Å². The number of anilines is 1. The van der Waals surface area contributed by atoms with E-state index in [4.69, 9.17) is 11.6 Å². The van der Waals surface area contributed by atoms with Crippen LogP contribution in [0.15, 0.2) is 0 Å². The molecule has 0 amide bonds. The molecule has 0 aromatic carbocycles. The molecule has 0 unspecified atom stereocenters. The van der Waals surface area contributed by atoms with Crippen molar-refractivity contribution < 1.29 is 0 Å². The topological polar surface area (TPSA) is 29.0 Å². The molecule has 74 valence electrons. The lowest BCUT2D eigenvalue weighted by Gasteiger charge is -2.11. The molecule has 0 atom stereocenters. The molecule has 0 bridgehead atoms. The molecule has 1 heterocycles. The van der Waals surface area contributed by atoms with Gasteiger partial charge in [-0.25, -0.2) is 4.98 Å². The maximum Gasteiger partial charge on any atom is 0.204 e. The van der Waals surface area contributed by atoms with Crippen LogP contribution < -0.4 is 4.90 Å². The highest BCUT2D eigenvalue weighted by Crippen LogP contribution is 2.15. The summed E-state index contributed by atoms with van der Waals surface area (Å²) in [6.07, 6.45) is 2.06. The first-order valence-electron chi connectivity index (χ1n) is 4.37. The van der Waals surface area contributed by atoms with E-state index in [2.05, 4.69) is 16.3 Å². The van der Waals surface area contributed by atoms with E-state index < -0.39 is 0 Å². The third kappa shape index (κ3) is 3.12. The van der Waals surface area contributed by atoms with Gasteiger partial charge in [0, 0.05) is 37.4 Å². The Morgan fingerprint density at radius 3 is 2.92 bits per heavy atom. The fourth-order valence-corrected chi connectivity index (χ4v) is 1.90. The monoisotopic (exact) mass is 219 g/mol. The summed E-state index contributed by atoms with van der Waals surface area (Å²) in [6.45, 7) is 2.95. The van der Waals surface area contributed by atoms with Gasteiger partial charge in [-0.3, -0.25) is 0 Å². The van der Waals surface area contributed by atoms with Crippen LogP contribution in [0.1, 0.15) is 19.2 Å². The number of aromatic nitrogens is 2. The van der Waals surface area contributed by atoms with Gasteiger partial charge in [0.1, 0.15) is 5.82 Å². The van der Waals surface area contributed by atoms with Crippen molar-refractivity contribution in [2.24, 2.45) is 0 Å². The lowest BCUT2D eigenvalue weighted by Crippen LogP contribution is -2.19. The van der Waals surface area contributed by atoms with Crippen molar-refractivity contribution in [1.82, 2.24) is 9.36 Å². The Labute approximate surface area is 87.9 Å². The molecule has 1 rings (SSSR count). The molecule has 0 N–H and O–H groups in total. The zero-order valence-corrected chi connectivity index (χ0v) is 9.53. The molecule has 0 fully saturated rings. The molecule has 0 aliphatic heterocycles. The van der Waals surface area contributed by atoms with Gasteiger partial charge in [0.15, 0.2) is 0 Å². The highest BCUT2D eigenvalue weighted by atomic mass is 35.5. The number of hydrogen-bond donors (Lipinski definition) is 0. The SMILES string of the molecule is CCCc1nsc(N(C)CCCl)n1. The molecule has 0 aliphatic carbocycles. The summed E-state index contributed by atoms with van der Waals surface area (Å²) in [4.78, 5) is 6.42. The fraction of sp³-hybridized carbons (Fsp3) is 0.750. The third-order valence-corrected chi connectivity index (χ3v) is 2.71. The fourth-order valence-electron chi connectivity index (χ4n) is 0.947. The predicted octanol–water partition coefficient (Wildman–Crippen LogP) is 2.17. The van der Waals surface area contributed by atoms with Crippen molar-refractivity contribution in [2.45, 2.75) is 19.8 Å². The number of rotatable bonds is 5. The number of hydrogen-bond acceptors (Lipinski definition) is 4. The van der Waals surface area contributed by atoms with Gasteiger partial charge in [-0.1, -0.05) is 6.92 Å². The molecule has 0 aliphatic rings. The van der Waals surface area contributed by atoms with Crippen molar-refractivity contribution >= 4 is 28.3 Å². The summed E-state index contributed by atoms with van der Waals surface area (Å²) >= 11 is 7.07. The van der Waals surface area contributed by atoms with Crippen LogP contribution in [0.2, 0.25) is 0 Å². The van der Waals surface area contributed by atoms with E-state index in [0.717, 1.165) is 30.3 Å². The van der Waals surface area contributed by atoms with Crippen LogP contribution in [0.4, 0.5) is 5.13 Å². The molecule has 13 heavy (non-hydrogen) atoms. The van der Waals surface area contributed by atoms with Crippen molar-refractivity contribution in [2.75, 3.05) is 24.4 Å². The summed E-state index contributed by atoms with van der Waals surface area (Å²) in [6, 6.07) is 0. The van der Waals surface area contributed by atoms with Gasteiger partial charge in [-0.05, 0) is 6.42 Å². The summed E-state index contributed by atoms with van der Waals surface area (Å²) in [5.74, 6) is 1.57. The summed E-state index contributed by atoms with van der Waals surface area (Å²) in [5.41, 5.74) is 0. The lowest BCUT2D eigenvalue weighted by molar-refractivity contribution is 0.852. The Morgan fingerprint density at radius 1 is 1.54 bits per heavy atom. The van der Waals surface area contributed by atoms with Crippen molar-refractivity contribution in [1.29, 1.82) is 0 Å². The molecule has 0 spiro atoms. The number of alkyl halides is 1. The Kier molecular flexibility index (Phi) is 4.45. The maximum atomic E-state index is 5.63. The van der Waals surface area contributed by atoms with Gasteiger partial charge in [0.25, 0.3) is 0 Å². The van der Waals surface area contributed by atoms with Gasteiger partial charge < -0.3 is 4.90 Å². The normalized spacial score (nSPS) is 10.4. The minimum atomic E-state index is 0.624. The van der Waals surface area contributed by atoms with Crippen LogP contribution in [-0.4, -0.2) is 28.8 Å². The first-order valence-corrected chi connectivity index (χ1v) is 5.68. The van der Waals surface area contributed by atoms with Crippen LogP contribution in [0.5, 0.6) is 0 Å². The molecular formula is C8H14ClN3S. The first-order chi connectivity index (χ1) is 6.27. The second kappa shape index (κ2) is 5.40. The largest absolute Gasteiger partial charge is 0.349 e. The van der Waals surface area contributed by atoms with Crippen LogP contribution in [0.3, 0.4) is 0 Å². The summed E-state index contributed by atoms with van der Waals surface area (Å²) in [5, 5.41) is 0.962. The highest BCUT2D eigenvalue weighted by molar-refractivity contribution is 7.09. The van der Waals surface area contributed by atoms with Crippen LogP contribution in [0, 0.1) is 0 Å². The van der Waals surface area contributed by atoms with E-state index in [1.54, 1.807) is 0 Å². The smallest absolute Gasteiger partial charge is 0.204 e. The zero-order valence-electron chi connectivity index (χ0n) is 7.96. The zero-order chi connectivity index (χ0) is 9.68. The first kappa shape index (κ1) is 10.7. The maximum absolute atomic E-state index is 5.63. The third-order valence-electron chi connectivity index (χ3n) is 1.68. The van der Waals surface area contributed by atoms with Crippen LogP contribution >= 0.6 is 23.1 Å². The Bertz CT molecular complexity index is 251. The van der Waals surface area contributed by atoms with Crippen LogP contribution in [-0.2, 0) is 6.42 Å². The average molecular weight is 220 g/mol. The summed E-state index contributed by atoms with van der Waals surface area (Å²) in [7, 11) is 1.98. The van der Waals surface area contributed by atoms with E-state index in [0.29, 0.717) is 5.88 Å². The van der Waals surface area contributed by atoms with Crippen LogP contribution in [0.25, 0.3) is 0 Å². The van der Waals surface area contributed by atoms with E-state index in [1.807, 2.05) is 11.9 Å². The van der Waals surface area contributed by atoms with Gasteiger partial charge in [-0.15, -0.1) is 11.6 Å². The van der Waals surface area contributed by atoms with Gasteiger partial charge >= 0.3 is 0 Å². The molecule has 5 heteroatoms. The molecule has 0 radical (unpaired) electrons. The van der Waals surface area contributed by atoms with Crippen molar-refractivity contribution in [3.05, 3.63) is 5.82 Å². The van der Waals surface area contributed by atoms with E-state index >= 15 is 0 Å². The van der Waals surface area contributed by atoms with Gasteiger partial charge in [0.05, 0.1) is 0 Å². The van der Waals surface area contributed by atoms with Crippen molar-refractivity contribution in [3.8, 4) is 0 Å². The quantitative estimate of drug-likeness (QED) is 0.711. The Hall–Kier alpha value is -0.350. The lowest BCUT2D eigenvalue weighted by atomic mass is 10.3. The van der Waals surface area contributed by atoms with E-state index in [9.17, 15) is 0 Å². The molecular weight excluding hydrogens is 206 g/mol. The average Bonchev–Trinajstić information content (AvgIpc) is 2.54. The number of nitrogens with zero attached hydrogens (tertiary/aromatic N) is 3. The van der Waals surface area contributed by atoms with E-state index in [-0.39, 0.29) is 0 Å². The molecule has 1 aromatic heterocycles. The molecule has 3 nitrogen and oxygen atoms in total. The predicted molar refractivity (Wildman–Crippen MR) is 57.9 cm³/mol. The second-order valence-corrected chi connectivity index (χ2v) is 3.96. The standard InChI is InChI=1S/C8H14ClN3S/c1-3-4-7-10-8(13-11-7)12(2)6-5-9/h3-6H2,1-2H3. The van der Waals surface area contributed by atoms with Gasteiger partial charge in [0.2, 0.25) is 5.13 Å². The highest BCUT2D eigenvalue weighted by Gasteiger charge is 2.06. The van der Waals surface area contributed by atoms with E-state index in [1.165, 1.54) is 11.5 Å². The minimum absolute atomic E-state index is 0.624. The summed E-state index contributed by atoms with van der Waals surface area (Å²) < 4.78 is 4.26. The molecule has 0 saturated heterocycles.